The zero-order valence-electron chi connectivity index (χ0n) is 14.1. The van der Waals surface area contributed by atoms with Gasteiger partial charge in [0.1, 0.15) is 18.1 Å². The van der Waals surface area contributed by atoms with E-state index >= 15 is 0 Å². The Morgan fingerprint density at radius 2 is 1.88 bits per heavy atom. The van der Waals surface area contributed by atoms with Crippen molar-refractivity contribution in [1.29, 1.82) is 0 Å². The number of ether oxygens (including phenoxy) is 2. The molecule has 0 aliphatic carbocycles. The van der Waals surface area contributed by atoms with Crippen molar-refractivity contribution in [1.82, 2.24) is 4.90 Å². The van der Waals surface area contributed by atoms with Crippen molar-refractivity contribution in [3.05, 3.63) is 65.7 Å². The van der Waals surface area contributed by atoms with Gasteiger partial charge in [0.25, 0.3) is 0 Å². The van der Waals surface area contributed by atoms with Gasteiger partial charge in [-0.2, -0.15) is 0 Å². The highest BCUT2D eigenvalue weighted by Crippen LogP contribution is 2.29. The molecule has 1 aliphatic rings. The van der Waals surface area contributed by atoms with E-state index in [0.717, 1.165) is 16.9 Å². The summed E-state index contributed by atoms with van der Waals surface area (Å²) in [5.74, 6) is 0.917. The third-order valence-corrected chi connectivity index (χ3v) is 4.24. The van der Waals surface area contributed by atoms with Crippen LogP contribution in [0.15, 0.2) is 54.6 Å². The Kier molecular flexibility index (Phi) is 5.16. The monoisotopic (exact) mass is 325 g/mol. The van der Waals surface area contributed by atoms with E-state index in [1.807, 2.05) is 73.3 Å². The average Bonchev–Trinajstić information content (AvgIpc) is 3.00. The molecule has 0 saturated carbocycles. The molecule has 1 aliphatic heterocycles. The van der Waals surface area contributed by atoms with Crippen LogP contribution < -0.4 is 4.74 Å². The largest absolute Gasteiger partial charge is 0.494 e. The Morgan fingerprint density at radius 3 is 2.54 bits per heavy atom. The van der Waals surface area contributed by atoms with Gasteiger partial charge in [-0.05, 0) is 37.1 Å². The first-order chi connectivity index (χ1) is 11.7. The standard InChI is InChI=1S/C20H23NO3/c1-3-23-18-11-9-16(10-12-18)13-20(22)21-14-19(24-15(21)2)17-7-5-4-6-8-17/h4-12,15,19H,3,13-14H2,1-2H3. The van der Waals surface area contributed by atoms with Crippen LogP contribution in [0.3, 0.4) is 0 Å². The Morgan fingerprint density at radius 1 is 1.17 bits per heavy atom. The summed E-state index contributed by atoms with van der Waals surface area (Å²) >= 11 is 0. The highest BCUT2D eigenvalue weighted by Gasteiger charge is 2.33. The SMILES string of the molecule is CCOc1ccc(CC(=O)N2CC(c3ccccc3)OC2C)cc1. The van der Waals surface area contributed by atoms with Crippen LogP contribution in [-0.4, -0.2) is 30.2 Å². The van der Waals surface area contributed by atoms with Gasteiger partial charge in [0, 0.05) is 0 Å². The Labute approximate surface area is 143 Å². The summed E-state index contributed by atoms with van der Waals surface area (Å²) in [5, 5.41) is 0. The summed E-state index contributed by atoms with van der Waals surface area (Å²) in [6.07, 6.45) is 0.123. The molecule has 0 spiro atoms. The second-order valence-electron chi connectivity index (χ2n) is 5.93. The third-order valence-electron chi connectivity index (χ3n) is 4.24. The zero-order valence-corrected chi connectivity index (χ0v) is 14.1. The van der Waals surface area contributed by atoms with Crippen molar-refractivity contribution < 1.29 is 14.3 Å². The van der Waals surface area contributed by atoms with E-state index in [0.29, 0.717) is 19.6 Å². The van der Waals surface area contributed by atoms with Gasteiger partial charge in [-0.25, -0.2) is 0 Å². The number of carbonyl (C=O) groups excluding carboxylic acids is 1. The fourth-order valence-corrected chi connectivity index (χ4v) is 2.98. The molecule has 2 atom stereocenters. The number of rotatable bonds is 5. The van der Waals surface area contributed by atoms with Gasteiger partial charge >= 0.3 is 0 Å². The quantitative estimate of drug-likeness (QED) is 0.843. The van der Waals surface area contributed by atoms with Gasteiger partial charge in [-0.15, -0.1) is 0 Å². The zero-order chi connectivity index (χ0) is 16.9. The summed E-state index contributed by atoms with van der Waals surface area (Å²) in [4.78, 5) is 14.4. The predicted octanol–water partition coefficient (Wildman–Crippen LogP) is 3.57. The molecule has 0 N–H and O–H groups in total. The first-order valence-electron chi connectivity index (χ1n) is 8.39. The molecule has 2 unspecified atom stereocenters. The Bertz CT molecular complexity index is 669. The summed E-state index contributed by atoms with van der Waals surface area (Å²) in [6.45, 7) is 5.12. The minimum atomic E-state index is -0.203. The number of carbonyl (C=O) groups is 1. The molecule has 2 aromatic rings. The smallest absolute Gasteiger partial charge is 0.229 e. The molecule has 1 fully saturated rings. The summed E-state index contributed by atoms with van der Waals surface area (Å²) in [6, 6.07) is 17.7. The topological polar surface area (TPSA) is 38.8 Å². The molecule has 2 aromatic carbocycles. The molecule has 0 bridgehead atoms. The van der Waals surface area contributed by atoms with E-state index in [4.69, 9.17) is 9.47 Å². The molecule has 24 heavy (non-hydrogen) atoms. The van der Waals surface area contributed by atoms with Crippen molar-refractivity contribution >= 4 is 5.91 Å². The van der Waals surface area contributed by atoms with Crippen LogP contribution in [0.5, 0.6) is 5.75 Å². The van der Waals surface area contributed by atoms with Crippen LogP contribution in [0.1, 0.15) is 31.1 Å². The van der Waals surface area contributed by atoms with Crippen LogP contribution in [0.2, 0.25) is 0 Å². The fraction of sp³-hybridized carbons (Fsp3) is 0.350. The molecular weight excluding hydrogens is 302 g/mol. The van der Waals surface area contributed by atoms with E-state index in [2.05, 4.69) is 0 Å². The summed E-state index contributed by atoms with van der Waals surface area (Å²) < 4.78 is 11.4. The lowest BCUT2D eigenvalue weighted by atomic mass is 10.1. The van der Waals surface area contributed by atoms with E-state index in [1.54, 1.807) is 0 Å². The number of hydrogen-bond acceptors (Lipinski definition) is 3. The van der Waals surface area contributed by atoms with Crippen LogP contribution in [0.25, 0.3) is 0 Å². The van der Waals surface area contributed by atoms with Gasteiger partial charge in [-0.3, -0.25) is 4.79 Å². The van der Waals surface area contributed by atoms with Gasteiger partial charge in [0.15, 0.2) is 0 Å². The van der Waals surface area contributed by atoms with E-state index in [-0.39, 0.29) is 18.2 Å². The maximum Gasteiger partial charge on any atom is 0.229 e. The lowest BCUT2D eigenvalue weighted by Crippen LogP contribution is -2.35. The second kappa shape index (κ2) is 7.49. The number of amides is 1. The summed E-state index contributed by atoms with van der Waals surface area (Å²) in [7, 11) is 0. The van der Waals surface area contributed by atoms with Crippen molar-refractivity contribution in [2.75, 3.05) is 13.2 Å². The molecule has 126 valence electrons. The molecule has 1 saturated heterocycles. The highest BCUT2D eigenvalue weighted by molar-refractivity contribution is 5.79. The molecule has 0 radical (unpaired) electrons. The predicted molar refractivity (Wildman–Crippen MR) is 92.8 cm³/mol. The number of nitrogens with zero attached hydrogens (tertiary/aromatic N) is 1. The lowest BCUT2D eigenvalue weighted by molar-refractivity contribution is -0.134. The van der Waals surface area contributed by atoms with Gasteiger partial charge in [0.2, 0.25) is 5.91 Å². The molecule has 0 aromatic heterocycles. The van der Waals surface area contributed by atoms with Crippen molar-refractivity contribution in [2.24, 2.45) is 0 Å². The molecular formula is C20H23NO3. The highest BCUT2D eigenvalue weighted by atomic mass is 16.5. The van der Waals surface area contributed by atoms with Crippen molar-refractivity contribution in [2.45, 2.75) is 32.6 Å². The minimum absolute atomic E-state index is 0.0505. The van der Waals surface area contributed by atoms with Crippen LogP contribution >= 0.6 is 0 Å². The van der Waals surface area contributed by atoms with E-state index < -0.39 is 0 Å². The van der Waals surface area contributed by atoms with Crippen molar-refractivity contribution in [3.63, 3.8) is 0 Å². The van der Waals surface area contributed by atoms with Crippen molar-refractivity contribution in [3.8, 4) is 5.75 Å². The molecule has 4 heteroatoms. The number of benzene rings is 2. The Balaban J connectivity index is 1.62. The first kappa shape index (κ1) is 16.5. The van der Waals surface area contributed by atoms with Gasteiger partial charge in [-0.1, -0.05) is 42.5 Å². The van der Waals surface area contributed by atoms with Gasteiger partial charge in [0.05, 0.1) is 19.6 Å². The Hall–Kier alpha value is -2.33. The summed E-state index contributed by atoms with van der Waals surface area (Å²) in [5.41, 5.74) is 2.10. The van der Waals surface area contributed by atoms with Gasteiger partial charge < -0.3 is 14.4 Å². The minimum Gasteiger partial charge on any atom is -0.494 e. The second-order valence-corrected chi connectivity index (χ2v) is 5.93. The fourth-order valence-electron chi connectivity index (χ4n) is 2.98. The molecule has 1 amide bonds. The van der Waals surface area contributed by atoms with E-state index in [1.165, 1.54) is 0 Å². The maximum absolute atomic E-state index is 12.6. The van der Waals surface area contributed by atoms with E-state index in [9.17, 15) is 4.79 Å². The van der Waals surface area contributed by atoms with Crippen LogP contribution in [0.4, 0.5) is 0 Å². The molecule has 3 rings (SSSR count). The average molecular weight is 325 g/mol. The first-order valence-corrected chi connectivity index (χ1v) is 8.39. The lowest BCUT2D eigenvalue weighted by Gasteiger charge is -2.19. The maximum atomic E-state index is 12.6. The number of hydrogen-bond donors (Lipinski definition) is 0. The van der Waals surface area contributed by atoms with Crippen LogP contribution in [0, 0.1) is 0 Å². The molecule has 4 nitrogen and oxygen atoms in total. The third kappa shape index (κ3) is 3.77. The van der Waals surface area contributed by atoms with Crippen LogP contribution in [-0.2, 0) is 16.0 Å². The normalized spacial score (nSPS) is 20.2. The molecule has 1 heterocycles.